The molecule has 0 N–H and O–H groups in total. The van der Waals surface area contributed by atoms with Gasteiger partial charge in [0, 0.05) is 25.1 Å². The van der Waals surface area contributed by atoms with Gasteiger partial charge in [-0.05, 0) is 42.7 Å². The third-order valence-electron chi connectivity index (χ3n) is 3.60. The van der Waals surface area contributed by atoms with Crippen LogP contribution in [0.15, 0.2) is 47.8 Å². The van der Waals surface area contributed by atoms with Gasteiger partial charge < -0.3 is 0 Å². The summed E-state index contributed by atoms with van der Waals surface area (Å²) < 4.78 is 27.1. The number of hydrogen-bond acceptors (Lipinski definition) is 4. The zero-order chi connectivity index (χ0) is 14.9. The number of hydrogen-bond donors (Lipinski definition) is 0. The summed E-state index contributed by atoms with van der Waals surface area (Å²) >= 11 is 5.81. The Morgan fingerprint density at radius 2 is 1.95 bits per heavy atom. The van der Waals surface area contributed by atoms with Crippen LogP contribution in [0.5, 0.6) is 0 Å². The van der Waals surface area contributed by atoms with Crippen molar-refractivity contribution in [3.63, 3.8) is 0 Å². The normalized spacial score (nSPS) is 19.8. The highest BCUT2D eigenvalue weighted by molar-refractivity contribution is 7.89. The molecule has 1 aliphatic heterocycles. The van der Waals surface area contributed by atoms with E-state index in [1.165, 1.54) is 22.6 Å². The lowest BCUT2D eigenvalue weighted by Crippen LogP contribution is -2.30. The maximum Gasteiger partial charge on any atom is 0.243 e. The molecular formula is C14H14ClN3O2S. The Hall–Kier alpha value is -1.50. The van der Waals surface area contributed by atoms with Crippen molar-refractivity contribution in [2.24, 2.45) is 0 Å². The Bertz CT molecular complexity index is 737. The van der Waals surface area contributed by atoms with Crippen molar-refractivity contribution in [1.29, 1.82) is 0 Å². The number of pyridine rings is 2. The predicted molar refractivity (Wildman–Crippen MR) is 79.4 cm³/mol. The van der Waals surface area contributed by atoms with Crippen molar-refractivity contribution in [2.45, 2.75) is 23.8 Å². The molecule has 0 saturated carbocycles. The SMILES string of the molecule is O=S(=O)(c1ccnc(Cl)c1)N1CCCC1c1ccncc1. The second-order valence-electron chi connectivity index (χ2n) is 4.87. The van der Waals surface area contributed by atoms with Gasteiger partial charge in [0.2, 0.25) is 10.0 Å². The average molecular weight is 324 g/mol. The van der Waals surface area contributed by atoms with E-state index in [-0.39, 0.29) is 16.1 Å². The third-order valence-corrected chi connectivity index (χ3v) is 5.71. The van der Waals surface area contributed by atoms with Crippen molar-refractivity contribution >= 4 is 21.6 Å². The predicted octanol–water partition coefficient (Wildman–Crippen LogP) is 2.66. The van der Waals surface area contributed by atoms with Crippen LogP contribution >= 0.6 is 11.6 Å². The van der Waals surface area contributed by atoms with Gasteiger partial charge in [0.15, 0.2) is 0 Å². The van der Waals surface area contributed by atoms with Crippen LogP contribution in [0.25, 0.3) is 0 Å². The topological polar surface area (TPSA) is 63.2 Å². The molecular weight excluding hydrogens is 310 g/mol. The van der Waals surface area contributed by atoms with E-state index in [1.54, 1.807) is 12.4 Å². The van der Waals surface area contributed by atoms with E-state index in [2.05, 4.69) is 9.97 Å². The first kappa shape index (κ1) is 14.4. The van der Waals surface area contributed by atoms with Crippen LogP contribution in [0.2, 0.25) is 5.15 Å². The fraction of sp³-hybridized carbons (Fsp3) is 0.286. The standard InChI is InChI=1S/C14H14ClN3O2S/c15-14-10-12(5-8-17-14)21(19,20)18-9-1-2-13(18)11-3-6-16-7-4-11/h3-8,10,13H,1-2,9H2. The molecule has 1 atom stereocenters. The fourth-order valence-corrected chi connectivity index (χ4v) is 4.56. The Kier molecular flexibility index (Phi) is 3.93. The van der Waals surface area contributed by atoms with Gasteiger partial charge in [0.1, 0.15) is 5.15 Å². The monoisotopic (exact) mass is 323 g/mol. The summed E-state index contributed by atoms with van der Waals surface area (Å²) in [5, 5.41) is 0.177. The second-order valence-corrected chi connectivity index (χ2v) is 7.15. The highest BCUT2D eigenvalue weighted by atomic mass is 35.5. The molecule has 3 heterocycles. The van der Waals surface area contributed by atoms with Crippen LogP contribution in [0.3, 0.4) is 0 Å². The van der Waals surface area contributed by atoms with Crippen molar-refractivity contribution in [3.05, 3.63) is 53.6 Å². The molecule has 1 aliphatic rings. The van der Waals surface area contributed by atoms with Gasteiger partial charge in [-0.2, -0.15) is 4.31 Å². The molecule has 21 heavy (non-hydrogen) atoms. The van der Waals surface area contributed by atoms with Gasteiger partial charge in [0.25, 0.3) is 0 Å². The van der Waals surface area contributed by atoms with Crippen LogP contribution in [-0.2, 0) is 10.0 Å². The molecule has 0 radical (unpaired) electrons. The van der Waals surface area contributed by atoms with Gasteiger partial charge in [-0.1, -0.05) is 11.6 Å². The average Bonchev–Trinajstić information content (AvgIpc) is 2.98. The lowest BCUT2D eigenvalue weighted by atomic mass is 10.1. The Balaban J connectivity index is 1.98. The molecule has 0 bridgehead atoms. The van der Waals surface area contributed by atoms with Crippen LogP contribution < -0.4 is 0 Å². The number of halogens is 1. The molecule has 0 aromatic carbocycles. The first-order chi connectivity index (χ1) is 10.1. The van der Waals surface area contributed by atoms with Gasteiger partial charge in [-0.3, -0.25) is 4.98 Å². The summed E-state index contributed by atoms with van der Waals surface area (Å²) in [6, 6.07) is 6.43. The summed E-state index contributed by atoms with van der Waals surface area (Å²) in [5.74, 6) is 0. The summed E-state index contributed by atoms with van der Waals surface area (Å²) in [6.07, 6.45) is 6.42. The molecule has 0 amide bonds. The molecule has 2 aromatic rings. The summed E-state index contributed by atoms with van der Waals surface area (Å²) in [7, 11) is -3.57. The van der Waals surface area contributed by atoms with E-state index in [0.29, 0.717) is 6.54 Å². The molecule has 7 heteroatoms. The molecule has 1 unspecified atom stereocenters. The summed E-state index contributed by atoms with van der Waals surface area (Å²) in [4.78, 5) is 8.00. The number of sulfonamides is 1. The van der Waals surface area contributed by atoms with Crippen molar-refractivity contribution < 1.29 is 8.42 Å². The van der Waals surface area contributed by atoms with Crippen LogP contribution in [0.1, 0.15) is 24.4 Å². The van der Waals surface area contributed by atoms with Crippen molar-refractivity contribution in [2.75, 3.05) is 6.54 Å². The lowest BCUT2D eigenvalue weighted by Gasteiger charge is -2.24. The van der Waals surface area contributed by atoms with E-state index in [1.807, 2.05) is 12.1 Å². The van der Waals surface area contributed by atoms with Crippen LogP contribution in [0.4, 0.5) is 0 Å². The minimum Gasteiger partial charge on any atom is -0.265 e. The van der Waals surface area contributed by atoms with E-state index < -0.39 is 10.0 Å². The first-order valence-electron chi connectivity index (χ1n) is 6.62. The molecule has 5 nitrogen and oxygen atoms in total. The largest absolute Gasteiger partial charge is 0.265 e. The minimum atomic E-state index is -3.57. The first-order valence-corrected chi connectivity index (χ1v) is 8.44. The highest BCUT2D eigenvalue weighted by Crippen LogP contribution is 2.36. The molecule has 3 rings (SSSR count). The molecule has 1 saturated heterocycles. The van der Waals surface area contributed by atoms with Gasteiger partial charge >= 0.3 is 0 Å². The maximum atomic E-state index is 12.8. The quantitative estimate of drug-likeness (QED) is 0.815. The molecule has 0 spiro atoms. The van der Waals surface area contributed by atoms with E-state index in [4.69, 9.17) is 11.6 Å². The van der Waals surface area contributed by atoms with E-state index >= 15 is 0 Å². The van der Waals surface area contributed by atoms with Gasteiger partial charge in [0.05, 0.1) is 10.9 Å². The van der Waals surface area contributed by atoms with E-state index in [0.717, 1.165) is 18.4 Å². The number of rotatable bonds is 3. The van der Waals surface area contributed by atoms with Gasteiger partial charge in [-0.15, -0.1) is 0 Å². The summed E-state index contributed by atoms with van der Waals surface area (Å²) in [5.41, 5.74) is 0.964. The lowest BCUT2D eigenvalue weighted by molar-refractivity contribution is 0.396. The smallest absolute Gasteiger partial charge is 0.243 e. The molecule has 1 fully saturated rings. The number of nitrogens with zero attached hydrogens (tertiary/aromatic N) is 3. The Morgan fingerprint density at radius 1 is 1.19 bits per heavy atom. The maximum absolute atomic E-state index is 12.8. The summed E-state index contributed by atoms with van der Waals surface area (Å²) in [6.45, 7) is 0.509. The molecule has 110 valence electrons. The molecule has 2 aromatic heterocycles. The van der Waals surface area contributed by atoms with Crippen molar-refractivity contribution in [3.8, 4) is 0 Å². The Morgan fingerprint density at radius 3 is 2.67 bits per heavy atom. The second kappa shape index (κ2) is 5.71. The van der Waals surface area contributed by atoms with Crippen molar-refractivity contribution in [1.82, 2.24) is 14.3 Å². The zero-order valence-electron chi connectivity index (χ0n) is 11.2. The van der Waals surface area contributed by atoms with Crippen LogP contribution in [-0.4, -0.2) is 29.2 Å². The fourth-order valence-electron chi connectivity index (χ4n) is 2.63. The Labute approximate surface area is 128 Å². The molecule has 0 aliphatic carbocycles. The van der Waals surface area contributed by atoms with Crippen LogP contribution in [0, 0.1) is 0 Å². The minimum absolute atomic E-state index is 0.148. The highest BCUT2D eigenvalue weighted by Gasteiger charge is 2.36. The third kappa shape index (κ3) is 2.79. The number of aromatic nitrogens is 2. The van der Waals surface area contributed by atoms with E-state index in [9.17, 15) is 8.42 Å². The zero-order valence-corrected chi connectivity index (χ0v) is 12.8. The van der Waals surface area contributed by atoms with Gasteiger partial charge in [-0.25, -0.2) is 13.4 Å².